The fourth-order valence-electron chi connectivity index (χ4n) is 9.68. The second-order valence-electron chi connectivity index (χ2n) is 21.2. The molecule has 4 heterocycles. The maximum absolute atomic E-state index is 7.68. The van der Waals surface area contributed by atoms with Crippen molar-refractivity contribution in [2.75, 3.05) is 28.2 Å². The van der Waals surface area contributed by atoms with E-state index in [1.807, 2.05) is 0 Å². The minimum absolute atomic E-state index is 0.0646. The zero-order valence-electron chi connectivity index (χ0n) is 35.9. The summed E-state index contributed by atoms with van der Waals surface area (Å²) in [5, 5.41) is 0. The standard InChI is InChI=1S/C40H80N4O4Si/c1-33(2)25-21-29(37(9,10)41(33)17)45-49(46-30-22-26-34(3,4)42(18)38(30,11)12,47-31-23-27-35(5,6)43(19)39(31,13)14)48-32-24-28-36(7,8)44(20)40(32,15)16/h29-32H,21-28H2,1-20H3. The van der Waals surface area contributed by atoms with Crippen LogP contribution in [-0.2, 0) is 17.7 Å². The first kappa shape index (κ1) is 41.6. The summed E-state index contributed by atoms with van der Waals surface area (Å²) in [6, 6.07) is 0. The van der Waals surface area contributed by atoms with Gasteiger partial charge in [0.15, 0.2) is 0 Å². The highest BCUT2D eigenvalue weighted by Crippen LogP contribution is 2.48. The molecule has 0 aromatic heterocycles. The van der Waals surface area contributed by atoms with E-state index < -0.39 is 9.05 Å². The van der Waals surface area contributed by atoms with Crippen LogP contribution in [-0.4, -0.2) is 126 Å². The van der Waals surface area contributed by atoms with E-state index in [2.05, 4.69) is 159 Å². The van der Waals surface area contributed by atoms with Crippen molar-refractivity contribution in [3.05, 3.63) is 0 Å². The highest BCUT2D eigenvalue weighted by molar-refractivity contribution is 6.53. The van der Waals surface area contributed by atoms with Crippen molar-refractivity contribution >= 4 is 9.05 Å². The van der Waals surface area contributed by atoms with Gasteiger partial charge in [-0.25, -0.2) is 0 Å². The van der Waals surface area contributed by atoms with Crippen LogP contribution in [0.15, 0.2) is 0 Å². The van der Waals surface area contributed by atoms with Gasteiger partial charge in [-0.3, -0.25) is 19.6 Å². The Kier molecular flexibility index (Phi) is 11.1. The molecule has 4 aliphatic rings. The third-order valence-corrected chi connectivity index (χ3v) is 17.8. The predicted molar refractivity (Wildman–Crippen MR) is 206 cm³/mol. The smallest absolute Gasteiger partial charge is 0.346 e. The molecule has 0 aromatic carbocycles. The molecule has 0 aromatic rings. The number of hydrogen-bond donors (Lipinski definition) is 0. The second kappa shape index (κ2) is 13.0. The Morgan fingerprint density at radius 2 is 0.510 bits per heavy atom. The monoisotopic (exact) mass is 709 g/mol. The fourth-order valence-corrected chi connectivity index (χ4v) is 13.0. The Morgan fingerprint density at radius 1 is 0.347 bits per heavy atom. The average molecular weight is 709 g/mol. The van der Waals surface area contributed by atoms with Gasteiger partial charge in [-0.2, -0.15) is 0 Å². The molecule has 4 atom stereocenters. The van der Waals surface area contributed by atoms with E-state index >= 15 is 0 Å². The summed E-state index contributed by atoms with van der Waals surface area (Å²) in [6.45, 7) is 37.5. The van der Waals surface area contributed by atoms with Crippen LogP contribution in [0.1, 0.15) is 162 Å². The lowest BCUT2D eigenvalue weighted by Crippen LogP contribution is -2.73. The molecule has 0 aliphatic carbocycles. The molecule has 0 N–H and O–H groups in total. The maximum Gasteiger partial charge on any atom is 0.680 e. The summed E-state index contributed by atoms with van der Waals surface area (Å²) < 4.78 is 30.7. The number of likely N-dealkylation sites (N-methyl/N-ethyl adjacent to an activating group) is 4. The predicted octanol–water partition coefficient (Wildman–Crippen LogP) is 8.09. The van der Waals surface area contributed by atoms with Gasteiger partial charge in [0.2, 0.25) is 0 Å². The van der Waals surface area contributed by atoms with Crippen LogP contribution >= 0.6 is 0 Å². The Balaban J connectivity index is 1.88. The Labute approximate surface area is 304 Å². The molecule has 4 fully saturated rings. The molecule has 4 unspecified atom stereocenters. The molecular weight excluding hydrogens is 629 g/mol. The molecule has 288 valence electrons. The van der Waals surface area contributed by atoms with Gasteiger partial charge in [-0.1, -0.05) is 0 Å². The first-order valence-electron chi connectivity index (χ1n) is 19.5. The quantitative estimate of drug-likeness (QED) is 0.235. The van der Waals surface area contributed by atoms with Crippen LogP contribution in [0.25, 0.3) is 0 Å². The lowest BCUT2D eigenvalue weighted by Gasteiger charge is -2.60. The molecule has 0 amide bonds. The van der Waals surface area contributed by atoms with E-state index in [0.717, 1.165) is 51.4 Å². The SMILES string of the molecule is CN1C(C)(C)CCC(O[Si](OC2CCC(C)(C)N(C)C2(C)C)(OC2CCC(C)(C)N(C)C2(C)C)OC2CCC(C)(C)N(C)C2(C)C)C1(C)C. The summed E-state index contributed by atoms with van der Waals surface area (Å²) >= 11 is 0. The van der Waals surface area contributed by atoms with Crippen molar-refractivity contribution in [3.63, 3.8) is 0 Å². The van der Waals surface area contributed by atoms with Gasteiger partial charge in [0.25, 0.3) is 0 Å². The topological polar surface area (TPSA) is 49.9 Å². The highest BCUT2D eigenvalue weighted by atomic mass is 28.4. The highest BCUT2D eigenvalue weighted by Gasteiger charge is 2.63. The van der Waals surface area contributed by atoms with Crippen LogP contribution < -0.4 is 0 Å². The molecular formula is C40H80N4O4Si. The minimum Gasteiger partial charge on any atom is -0.346 e. The van der Waals surface area contributed by atoms with Gasteiger partial charge in [0.1, 0.15) is 0 Å². The molecule has 9 heteroatoms. The minimum atomic E-state index is -3.91. The number of nitrogens with zero attached hydrogens (tertiary/aromatic N) is 4. The Hall–Kier alpha value is -0.103. The number of likely N-dealkylation sites (tertiary alicyclic amines) is 4. The summed E-state index contributed by atoms with van der Waals surface area (Å²) in [6.07, 6.45) is 7.40. The van der Waals surface area contributed by atoms with E-state index in [4.69, 9.17) is 17.7 Å². The average Bonchev–Trinajstić information content (AvgIpc) is 2.96. The number of hydrogen-bond acceptors (Lipinski definition) is 8. The van der Waals surface area contributed by atoms with Gasteiger partial charge < -0.3 is 17.7 Å². The van der Waals surface area contributed by atoms with Crippen LogP contribution in [0.3, 0.4) is 0 Å². The molecule has 49 heavy (non-hydrogen) atoms. The molecule has 4 aliphatic heterocycles. The van der Waals surface area contributed by atoms with Crippen LogP contribution in [0.2, 0.25) is 0 Å². The van der Waals surface area contributed by atoms with E-state index in [9.17, 15) is 0 Å². The lowest BCUT2D eigenvalue weighted by atomic mass is 9.78. The normalized spacial score (nSPS) is 37.0. The zero-order valence-corrected chi connectivity index (χ0v) is 36.9. The van der Waals surface area contributed by atoms with Crippen LogP contribution in [0, 0.1) is 0 Å². The van der Waals surface area contributed by atoms with Crippen molar-refractivity contribution in [1.29, 1.82) is 0 Å². The van der Waals surface area contributed by atoms with Gasteiger partial charge in [0, 0.05) is 44.3 Å². The van der Waals surface area contributed by atoms with E-state index in [1.54, 1.807) is 0 Å². The van der Waals surface area contributed by atoms with E-state index in [-0.39, 0.29) is 68.7 Å². The van der Waals surface area contributed by atoms with Crippen LogP contribution in [0.4, 0.5) is 0 Å². The van der Waals surface area contributed by atoms with Crippen molar-refractivity contribution < 1.29 is 17.7 Å². The second-order valence-corrected chi connectivity index (χ2v) is 23.1. The van der Waals surface area contributed by atoms with Gasteiger partial charge >= 0.3 is 9.05 Å². The first-order valence-corrected chi connectivity index (χ1v) is 21.2. The summed E-state index contributed by atoms with van der Waals surface area (Å²) in [5.41, 5.74) is -0.747. The van der Waals surface area contributed by atoms with Crippen molar-refractivity contribution in [1.82, 2.24) is 19.6 Å². The van der Waals surface area contributed by atoms with Crippen molar-refractivity contribution in [2.45, 2.75) is 231 Å². The summed E-state index contributed by atoms with van der Waals surface area (Å²) in [4.78, 5) is 10.0. The summed E-state index contributed by atoms with van der Waals surface area (Å²) in [7, 11) is 5.11. The molecule has 0 bridgehead atoms. The van der Waals surface area contributed by atoms with Crippen molar-refractivity contribution in [2.24, 2.45) is 0 Å². The van der Waals surface area contributed by atoms with Gasteiger partial charge in [0.05, 0.1) is 24.4 Å². The fraction of sp³-hybridized carbons (Fsp3) is 1.00. The van der Waals surface area contributed by atoms with Crippen LogP contribution in [0.5, 0.6) is 0 Å². The number of piperidine rings is 4. The van der Waals surface area contributed by atoms with Crippen molar-refractivity contribution in [3.8, 4) is 0 Å². The van der Waals surface area contributed by atoms with Gasteiger partial charge in [-0.15, -0.1) is 0 Å². The molecule has 0 saturated carbocycles. The summed E-state index contributed by atoms with van der Waals surface area (Å²) in [5.74, 6) is 0. The maximum atomic E-state index is 7.68. The molecule has 8 nitrogen and oxygen atoms in total. The third-order valence-electron chi connectivity index (χ3n) is 15.5. The molecule has 4 saturated heterocycles. The number of rotatable bonds is 8. The zero-order chi connectivity index (χ0) is 37.6. The third kappa shape index (κ3) is 7.51. The van der Waals surface area contributed by atoms with Gasteiger partial charge in [-0.05, 0) is 190 Å². The first-order chi connectivity index (χ1) is 21.9. The van der Waals surface area contributed by atoms with E-state index in [1.165, 1.54) is 0 Å². The molecule has 0 spiro atoms. The molecule has 0 radical (unpaired) electrons. The molecule has 4 rings (SSSR count). The largest absolute Gasteiger partial charge is 0.680 e. The Bertz CT molecular complexity index is 999. The lowest BCUT2D eigenvalue weighted by molar-refractivity contribution is -0.205. The van der Waals surface area contributed by atoms with E-state index in [0.29, 0.717) is 0 Å². The Morgan fingerprint density at radius 3 is 0.673 bits per heavy atom.